The van der Waals surface area contributed by atoms with Crippen LogP contribution in [0.15, 0.2) is 24.3 Å². The van der Waals surface area contributed by atoms with Gasteiger partial charge >= 0.3 is 6.03 Å². The van der Waals surface area contributed by atoms with Gasteiger partial charge < -0.3 is 14.4 Å². The number of fused-ring (bicyclic) bond motifs is 2. The van der Waals surface area contributed by atoms with Crippen LogP contribution in [0, 0.1) is 23.2 Å². The number of rotatable bonds is 9. The third kappa shape index (κ3) is 4.67. The summed E-state index contributed by atoms with van der Waals surface area (Å²) in [6, 6.07) is 7.25. The molecular formula is C31H43N3O5. The molecule has 3 bridgehead atoms. The van der Waals surface area contributed by atoms with Gasteiger partial charge in [0.25, 0.3) is 5.91 Å². The van der Waals surface area contributed by atoms with Gasteiger partial charge in [0.1, 0.15) is 11.3 Å². The number of benzene rings is 1. The quantitative estimate of drug-likeness (QED) is 0.441. The number of ether oxygens (including phenoxy) is 2. The van der Waals surface area contributed by atoms with Gasteiger partial charge in [-0.3, -0.25) is 19.4 Å². The lowest BCUT2D eigenvalue weighted by Crippen LogP contribution is -2.58. The summed E-state index contributed by atoms with van der Waals surface area (Å²) in [6.07, 6.45) is 9.58. The highest BCUT2D eigenvalue weighted by Crippen LogP contribution is 2.58. The summed E-state index contributed by atoms with van der Waals surface area (Å²) in [6.45, 7) is 2.74. The molecule has 1 aromatic rings. The summed E-state index contributed by atoms with van der Waals surface area (Å²) in [5.41, 5.74) is -0.127. The summed E-state index contributed by atoms with van der Waals surface area (Å²) in [7, 11) is 3.22. The van der Waals surface area contributed by atoms with Gasteiger partial charge in [-0.2, -0.15) is 0 Å². The number of likely N-dealkylation sites (tertiary alicyclic amines) is 1. The highest BCUT2D eigenvalue weighted by Gasteiger charge is 2.58. The maximum Gasteiger partial charge on any atom is 0.328 e. The van der Waals surface area contributed by atoms with Crippen molar-refractivity contribution in [1.29, 1.82) is 0 Å². The Morgan fingerprint density at radius 1 is 1.03 bits per heavy atom. The number of hydrogen-bond acceptors (Lipinski definition) is 6. The Labute approximate surface area is 232 Å². The molecule has 0 aromatic heterocycles. The van der Waals surface area contributed by atoms with E-state index in [0.717, 1.165) is 42.6 Å². The normalized spacial score (nSPS) is 31.8. The molecule has 2 aliphatic heterocycles. The molecule has 0 radical (unpaired) electrons. The lowest BCUT2D eigenvalue weighted by molar-refractivity contribution is -0.143. The zero-order chi connectivity index (χ0) is 27.2. The van der Waals surface area contributed by atoms with E-state index in [4.69, 9.17) is 9.47 Å². The maximum atomic E-state index is 13.9. The zero-order valence-electron chi connectivity index (χ0n) is 23.5. The molecule has 5 aliphatic rings. The van der Waals surface area contributed by atoms with Gasteiger partial charge in [0.2, 0.25) is 0 Å². The molecule has 39 heavy (non-hydrogen) atoms. The number of hydrogen-bond donors (Lipinski definition) is 0. The van der Waals surface area contributed by atoms with Crippen LogP contribution in [0.5, 0.6) is 5.75 Å². The van der Waals surface area contributed by atoms with Crippen LogP contribution in [-0.2, 0) is 20.9 Å². The maximum absolute atomic E-state index is 13.9. The zero-order valence-corrected chi connectivity index (χ0v) is 23.5. The van der Waals surface area contributed by atoms with Crippen LogP contribution < -0.4 is 4.74 Å². The SMILES string of the molecule is COCCN1C(=O)N(Cc2cccc(OC)c2)C(=O)C12CCN(CC(=O)C13CCC4CCC(CC4C1)C3)CC2. The van der Waals surface area contributed by atoms with Crippen molar-refractivity contribution in [3.8, 4) is 5.75 Å². The molecule has 4 atom stereocenters. The van der Waals surface area contributed by atoms with Crippen LogP contribution in [-0.4, -0.2) is 85.0 Å². The predicted octanol–water partition coefficient (Wildman–Crippen LogP) is 4.12. The molecule has 1 spiro atoms. The molecule has 1 aromatic carbocycles. The Hall–Kier alpha value is -2.45. The van der Waals surface area contributed by atoms with Crippen molar-refractivity contribution in [1.82, 2.24) is 14.7 Å². The van der Waals surface area contributed by atoms with Crippen molar-refractivity contribution in [2.75, 3.05) is 47.0 Å². The second-order valence-electron chi connectivity index (χ2n) is 12.8. The van der Waals surface area contributed by atoms with Crippen molar-refractivity contribution in [2.45, 2.75) is 69.9 Å². The van der Waals surface area contributed by atoms with Gasteiger partial charge in [0, 0.05) is 32.2 Å². The Balaban J connectivity index is 1.14. The molecule has 2 heterocycles. The number of carbonyl (C=O) groups is 3. The molecule has 3 saturated carbocycles. The second kappa shape index (κ2) is 10.5. The second-order valence-corrected chi connectivity index (χ2v) is 12.8. The number of carbonyl (C=O) groups excluding carboxylic acids is 3. The molecule has 5 fully saturated rings. The van der Waals surface area contributed by atoms with Gasteiger partial charge in [-0.05, 0) is 86.8 Å². The lowest BCUT2D eigenvalue weighted by atomic mass is 9.50. The summed E-state index contributed by atoms with van der Waals surface area (Å²) >= 11 is 0. The largest absolute Gasteiger partial charge is 0.497 e. The van der Waals surface area contributed by atoms with Crippen LogP contribution in [0.2, 0.25) is 0 Å². The van der Waals surface area contributed by atoms with E-state index in [-0.39, 0.29) is 23.9 Å². The fourth-order valence-corrected chi connectivity index (χ4v) is 8.71. The Kier molecular flexibility index (Phi) is 7.21. The van der Waals surface area contributed by atoms with Crippen LogP contribution >= 0.6 is 0 Å². The predicted molar refractivity (Wildman–Crippen MR) is 146 cm³/mol. The third-order valence-electron chi connectivity index (χ3n) is 10.8. The van der Waals surface area contributed by atoms with Crippen molar-refractivity contribution >= 4 is 17.7 Å². The van der Waals surface area contributed by atoms with Gasteiger partial charge in [-0.25, -0.2) is 4.79 Å². The number of methoxy groups -OCH3 is 2. The van der Waals surface area contributed by atoms with Gasteiger partial charge in [0.15, 0.2) is 5.78 Å². The summed E-state index contributed by atoms with van der Waals surface area (Å²) in [5, 5.41) is 0. The van der Waals surface area contributed by atoms with E-state index in [1.165, 1.54) is 30.6 Å². The van der Waals surface area contributed by atoms with Gasteiger partial charge in [-0.1, -0.05) is 18.6 Å². The van der Waals surface area contributed by atoms with E-state index in [1.807, 2.05) is 24.3 Å². The average molecular weight is 538 g/mol. The summed E-state index contributed by atoms with van der Waals surface area (Å²) in [5.74, 6) is 3.34. The number of amides is 3. The average Bonchev–Trinajstić information content (AvgIpc) is 3.12. The molecular weight excluding hydrogens is 494 g/mol. The highest BCUT2D eigenvalue weighted by atomic mass is 16.5. The van der Waals surface area contributed by atoms with E-state index in [2.05, 4.69) is 4.90 Å². The number of ketones is 1. The van der Waals surface area contributed by atoms with Crippen LogP contribution in [0.4, 0.5) is 4.79 Å². The topological polar surface area (TPSA) is 79.4 Å². The van der Waals surface area contributed by atoms with E-state index in [0.29, 0.717) is 57.2 Å². The van der Waals surface area contributed by atoms with Crippen LogP contribution in [0.3, 0.4) is 0 Å². The van der Waals surface area contributed by atoms with Crippen molar-refractivity contribution in [3.05, 3.63) is 29.8 Å². The minimum absolute atomic E-state index is 0.114. The molecule has 8 nitrogen and oxygen atoms in total. The molecule has 4 unspecified atom stereocenters. The van der Waals surface area contributed by atoms with E-state index in [9.17, 15) is 14.4 Å². The van der Waals surface area contributed by atoms with Crippen molar-refractivity contribution in [3.63, 3.8) is 0 Å². The molecule has 2 saturated heterocycles. The third-order valence-corrected chi connectivity index (χ3v) is 10.8. The summed E-state index contributed by atoms with van der Waals surface area (Å²) in [4.78, 5) is 46.7. The first-order valence-corrected chi connectivity index (χ1v) is 14.9. The van der Waals surface area contributed by atoms with Gasteiger partial charge in [0.05, 0.1) is 26.8 Å². The Bertz CT molecular complexity index is 1110. The fourth-order valence-electron chi connectivity index (χ4n) is 8.71. The minimum Gasteiger partial charge on any atom is -0.497 e. The van der Waals surface area contributed by atoms with Crippen LogP contribution in [0.25, 0.3) is 0 Å². The standard InChI is InChI=1S/C31H43N3O5/c1-38-15-14-34-29(37)33(20-23-4-3-5-26(17-23)39-2)28(36)31(34)10-12-32(13-11-31)21-27(35)30-9-8-24-7-6-22(18-30)16-25(24)19-30/h3-5,17,22,24-25H,6-16,18-21H2,1-2H3. The Morgan fingerprint density at radius 3 is 2.62 bits per heavy atom. The molecule has 0 N–H and O–H groups in total. The van der Waals surface area contributed by atoms with E-state index < -0.39 is 5.54 Å². The lowest BCUT2D eigenvalue weighted by Gasteiger charge is -2.54. The number of imide groups is 1. The van der Waals surface area contributed by atoms with Crippen LogP contribution in [0.1, 0.15) is 63.4 Å². The molecule has 3 amide bonds. The first-order valence-electron chi connectivity index (χ1n) is 14.9. The van der Waals surface area contributed by atoms with E-state index in [1.54, 1.807) is 19.1 Å². The van der Waals surface area contributed by atoms with E-state index >= 15 is 0 Å². The monoisotopic (exact) mass is 537 g/mol. The minimum atomic E-state index is -0.869. The molecule has 212 valence electrons. The number of piperidine rings is 1. The first-order chi connectivity index (χ1) is 18.9. The molecule has 8 heteroatoms. The number of Topliss-reactive ketones (excluding diaryl/α,β-unsaturated/α-hetero) is 1. The fraction of sp³-hybridized carbons (Fsp3) is 0.710. The molecule has 3 aliphatic carbocycles. The Morgan fingerprint density at radius 2 is 1.85 bits per heavy atom. The smallest absolute Gasteiger partial charge is 0.328 e. The van der Waals surface area contributed by atoms with Crippen molar-refractivity contribution in [2.24, 2.45) is 23.2 Å². The number of nitrogens with zero attached hydrogens (tertiary/aromatic N) is 3. The highest BCUT2D eigenvalue weighted by molar-refractivity contribution is 6.07. The van der Waals surface area contributed by atoms with Crippen molar-refractivity contribution < 1.29 is 23.9 Å². The summed E-state index contributed by atoms with van der Waals surface area (Å²) < 4.78 is 10.6. The van der Waals surface area contributed by atoms with Gasteiger partial charge in [-0.15, -0.1) is 0 Å². The number of urea groups is 1. The first kappa shape index (κ1) is 26.8. The molecule has 6 rings (SSSR count).